The molecule has 4 heteroatoms. The molecule has 0 radical (unpaired) electrons. The van der Waals surface area contributed by atoms with Crippen LogP contribution in [0.1, 0.15) is 0 Å². The molecule has 0 atom stereocenters. The molecule has 0 saturated heterocycles. The molecule has 0 aliphatic rings. The Balaban J connectivity index is 2.69. The van der Waals surface area contributed by atoms with E-state index in [4.69, 9.17) is 16.2 Å². The van der Waals surface area contributed by atoms with Crippen LogP contribution in [-0.2, 0) is 0 Å². The second-order valence-corrected chi connectivity index (χ2v) is 2.32. The molecule has 1 aromatic rings. The fourth-order valence-electron chi connectivity index (χ4n) is 0.774. The molecule has 0 amide bonds. The Morgan fingerprint density at radius 3 is 2.75 bits per heavy atom. The summed E-state index contributed by atoms with van der Waals surface area (Å²) in [7, 11) is 0. The molecule has 0 aliphatic heterocycles. The summed E-state index contributed by atoms with van der Waals surface area (Å²) in [6.45, 7) is 0.787. The number of rotatable bonds is 3. The van der Waals surface area contributed by atoms with Gasteiger partial charge >= 0.3 is 0 Å². The molecule has 1 aromatic carbocycles. The van der Waals surface area contributed by atoms with Gasteiger partial charge in [-0.15, -0.1) is 0 Å². The van der Waals surface area contributed by atoms with Crippen LogP contribution < -0.4 is 16.2 Å². The van der Waals surface area contributed by atoms with Crippen molar-refractivity contribution in [3.8, 4) is 5.75 Å². The zero-order chi connectivity index (χ0) is 8.97. The maximum atomic E-state index is 12.8. The van der Waals surface area contributed by atoms with Gasteiger partial charge in [0, 0.05) is 12.6 Å². The molecule has 4 N–H and O–H groups in total. The fourth-order valence-corrected chi connectivity index (χ4v) is 0.774. The van der Waals surface area contributed by atoms with E-state index < -0.39 is 5.82 Å². The van der Waals surface area contributed by atoms with Crippen LogP contribution in [0.3, 0.4) is 0 Å². The summed E-state index contributed by atoms with van der Waals surface area (Å²) in [6, 6.07) is 4.31. The number of nitrogens with two attached hydrogens (primary N) is 2. The molecule has 1 rings (SSSR count). The second-order valence-electron chi connectivity index (χ2n) is 2.32. The fraction of sp³-hybridized carbons (Fsp3) is 0.250. The standard InChI is InChI=1S/C8H11FN2O/c9-7-5-6(12-4-3-10)1-2-8(7)11/h1-2,5H,3-4,10-11H2. The quantitative estimate of drug-likeness (QED) is 0.658. The van der Waals surface area contributed by atoms with Gasteiger partial charge < -0.3 is 16.2 Å². The van der Waals surface area contributed by atoms with Gasteiger partial charge in [-0.1, -0.05) is 0 Å². The number of benzene rings is 1. The van der Waals surface area contributed by atoms with Crippen LogP contribution in [0.25, 0.3) is 0 Å². The predicted molar refractivity (Wildman–Crippen MR) is 45.4 cm³/mol. The van der Waals surface area contributed by atoms with Gasteiger partial charge in [-0.25, -0.2) is 4.39 Å². The number of halogens is 1. The minimum absolute atomic E-state index is 0.120. The van der Waals surface area contributed by atoms with E-state index >= 15 is 0 Å². The smallest absolute Gasteiger partial charge is 0.149 e. The van der Waals surface area contributed by atoms with Gasteiger partial charge in [-0.2, -0.15) is 0 Å². The molecule has 3 nitrogen and oxygen atoms in total. The monoisotopic (exact) mass is 170 g/mol. The summed E-state index contributed by atoms with van der Waals surface area (Å²) in [4.78, 5) is 0. The Morgan fingerprint density at radius 2 is 2.17 bits per heavy atom. The highest BCUT2D eigenvalue weighted by Gasteiger charge is 1.99. The third kappa shape index (κ3) is 2.10. The Kier molecular flexibility index (Phi) is 2.88. The van der Waals surface area contributed by atoms with Gasteiger partial charge in [0.25, 0.3) is 0 Å². The van der Waals surface area contributed by atoms with E-state index in [2.05, 4.69) is 0 Å². The molecule has 66 valence electrons. The van der Waals surface area contributed by atoms with E-state index in [1.54, 1.807) is 6.07 Å². The molecule has 0 heterocycles. The minimum Gasteiger partial charge on any atom is -0.492 e. The Labute approximate surface area is 70.1 Å². The van der Waals surface area contributed by atoms with Crippen LogP contribution in [0.4, 0.5) is 10.1 Å². The third-order valence-electron chi connectivity index (χ3n) is 1.36. The Hall–Kier alpha value is -1.29. The maximum absolute atomic E-state index is 12.8. The van der Waals surface area contributed by atoms with Crippen LogP contribution in [0, 0.1) is 5.82 Å². The van der Waals surface area contributed by atoms with Crippen molar-refractivity contribution >= 4 is 5.69 Å². The Morgan fingerprint density at radius 1 is 1.42 bits per heavy atom. The number of ether oxygens (including phenoxy) is 1. The highest BCUT2D eigenvalue weighted by atomic mass is 19.1. The van der Waals surface area contributed by atoms with Gasteiger partial charge in [-0.3, -0.25) is 0 Å². The molecular formula is C8H11FN2O. The van der Waals surface area contributed by atoms with E-state index in [1.807, 2.05) is 0 Å². The summed E-state index contributed by atoms with van der Waals surface area (Å²) in [5.41, 5.74) is 10.6. The average Bonchev–Trinajstić information content (AvgIpc) is 2.07. The molecule has 0 bridgehead atoms. The normalized spacial score (nSPS) is 9.83. The molecule has 0 aliphatic carbocycles. The van der Waals surface area contributed by atoms with Crippen molar-refractivity contribution in [2.45, 2.75) is 0 Å². The van der Waals surface area contributed by atoms with Crippen molar-refractivity contribution in [2.75, 3.05) is 18.9 Å². The summed E-state index contributed by atoms with van der Waals surface area (Å²) < 4.78 is 17.8. The number of hydrogen-bond donors (Lipinski definition) is 2. The van der Waals surface area contributed by atoms with Crippen LogP contribution in [0.2, 0.25) is 0 Å². The van der Waals surface area contributed by atoms with E-state index in [0.717, 1.165) is 0 Å². The lowest BCUT2D eigenvalue weighted by molar-refractivity contribution is 0.326. The van der Waals surface area contributed by atoms with Gasteiger partial charge in [0.05, 0.1) is 5.69 Å². The van der Waals surface area contributed by atoms with Gasteiger partial charge in [-0.05, 0) is 12.1 Å². The highest BCUT2D eigenvalue weighted by molar-refractivity contribution is 5.43. The average molecular weight is 170 g/mol. The van der Waals surface area contributed by atoms with Crippen molar-refractivity contribution in [3.05, 3.63) is 24.0 Å². The zero-order valence-electron chi connectivity index (χ0n) is 6.59. The van der Waals surface area contributed by atoms with Crippen LogP contribution in [0.15, 0.2) is 18.2 Å². The van der Waals surface area contributed by atoms with Crippen LogP contribution in [0.5, 0.6) is 5.75 Å². The lowest BCUT2D eigenvalue weighted by Crippen LogP contribution is -2.10. The largest absolute Gasteiger partial charge is 0.492 e. The first kappa shape index (κ1) is 8.80. The SMILES string of the molecule is NCCOc1ccc(N)c(F)c1. The zero-order valence-corrected chi connectivity index (χ0v) is 6.59. The topological polar surface area (TPSA) is 61.3 Å². The summed E-state index contributed by atoms with van der Waals surface area (Å²) in [6.07, 6.45) is 0. The number of nitrogen functional groups attached to an aromatic ring is 1. The summed E-state index contributed by atoms with van der Waals surface area (Å²) in [5.74, 6) is -0.0170. The van der Waals surface area contributed by atoms with E-state index in [1.165, 1.54) is 12.1 Å². The van der Waals surface area contributed by atoms with Crippen LogP contribution >= 0.6 is 0 Å². The third-order valence-corrected chi connectivity index (χ3v) is 1.36. The summed E-state index contributed by atoms with van der Waals surface area (Å²) in [5, 5.41) is 0. The first-order valence-corrected chi connectivity index (χ1v) is 3.62. The second kappa shape index (κ2) is 3.92. The van der Waals surface area contributed by atoms with Crippen molar-refractivity contribution in [3.63, 3.8) is 0 Å². The Bertz CT molecular complexity index is 265. The number of hydrogen-bond acceptors (Lipinski definition) is 3. The van der Waals surface area contributed by atoms with Crippen molar-refractivity contribution in [1.29, 1.82) is 0 Å². The van der Waals surface area contributed by atoms with Gasteiger partial charge in [0.1, 0.15) is 18.2 Å². The first-order chi connectivity index (χ1) is 5.74. The minimum atomic E-state index is -0.468. The molecule has 0 spiro atoms. The van der Waals surface area contributed by atoms with Crippen molar-refractivity contribution in [1.82, 2.24) is 0 Å². The lowest BCUT2D eigenvalue weighted by atomic mass is 10.3. The lowest BCUT2D eigenvalue weighted by Gasteiger charge is -2.04. The first-order valence-electron chi connectivity index (χ1n) is 3.62. The molecular weight excluding hydrogens is 159 g/mol. The highest BCUT2D eigenvalue weighted by Crippen LogP contribution is 2.17. The summed E-state index contributed by atoms with van der Waals surface area (Å²) >= 11 is 0. The van der Waals surface area contributed by atoms with Crippen molar-refractivity contribution in [2.24, 2.45) is 5.73 Å². The predicted octanol–water partition coefficient (Wildman–Crippen LogP) is 0.745. The molecule has 12 heavy (non-hydrogen) atoms. The van der Waals surface area contributed by atoms with Gasteiger partial charge in [0.2, 0.25) is 0 Å². The molecule has 0 aromatic heterocycles. The molecule has 0 fully saturated rings. The maximum Gasteiger partial charge on any atom is 0.149 e. The number of anilines is 1. The molecule has 0 saturated carbocycles. The van der Waals surface area contributed by atoms with Crippen molar-refractivity contribution < 1.29 is 9.13 Å². The molecule has 0 unspecified atom stereocenters. The van der Waals surface area contributed by atoms with E-state index in [-0.39, 0.29) is 5.69 Å². The van der Waals surface area contributed by atoms with Crippen LogP contribution in [-0.4, -0.2) is 13.2 Å². The van der Waals surface area contributed by atoms with E-state index in [0.29, 0.717) is 18.9 Å². The van der Waals surface area contributed by atoms with Gasteiger partial charge in [0.15, 0.2) is 0 Å². The van der Waals surface area contributed by atoms with E-state index in [9.17, 15) is 4.39 Å².